The first-order chi connectivity index (χ1) is 5.52. The molecule has 62 valence electrons. The summed E-state index contributed by atoms with van der Waals surface area (Å²) in [4.78, 5) is 34.7. The average Bonchev–Trinajstić information content (AvgIpc) is 1.96. The molecule has 0 saturated heterocycles. The zero-order valence-electron chi connectivity index (χ0n) is 6.07. The van der Waals surface area contributed by atoms with Crippen molar-refractivity contribution in [1.29, 1.82) is 0 Å². The molecular weight excluding hydrogens is 164 g/mol. The molecule has 6 nitrogen and oxygen atoms in total. The molecule has 0 aliphatic carbocycles. The lowest BCUT2D eigenvalue weighted by Gasteiger charge is -2.15. The number of carboxylic acids is 1. The molecule has 0 atom stereocenters. The number of amides is 3. The minimum Gasteiger partial charge on any atom is -0.388 e. The van der Waals surface area contributed by atoms with Crippen LogP contribution in [0.15, 0.2) is 4.99 Å². The number of urea groups is 1. The Hall–Kier alpha value is -1.85. The van der Waals surface area contributed by atoms with Crippen molar-refractivity contribution in [2.45, 2.75) is 6.92 Å². The molecule has 0 unspecified atom stereocenters. The van der Waals surface area contributed by atoms with Gasteiger partial charge in [-0.3, -0.25) is 9.59 Å². The van der Waals surface area contributed by atoms with Gasteiger partial charge in [-0.15, -0.1) is 4.79 Å². The van der Waals surface area contributed by atoms with Crippen LogP contribution < -0.4 is 0 Å². The fourth-order valence-electron chi connectivity index (χ4n) is 0.685. The Balaban J connectivity index is 3.04. The topological polar surface area (TPSA) is 97.9 Å². The molecule has 0 radical (unpaired) electrons. The number of carbonyl (C=O) groups is 3. The molecule has 0 aromatic heterocycles. The predicted molar refractivity (Wildman–Crippen MR) is 37.7 cm³/mol. The van der Waals surface area contributed by atoms with Crippen molar-refractivity contribution < 1.29 is 19.5 Å². The van der Waals surface area contributed by atoms with Crippen molar-refractivity contribution in [2.75, 3.05) is 0 Å². The third kappa shape index (κ3) is 1.26. The number of aliphatic imine (C=N–C) groups is 1. The molecule has 0 aromatic carbocycles. The average molecular weight is 168 g/mol. The first-order valence-electron chi connectivity index (χ1n) is 2.98. The summed E-state index contributed by atoms with van der Waals surface area (Å²) in [7, 11) is 0. The molecule has 12 heavy (non-hydrogen) atoms. The van der Waals surface area contributed by atoms with Crippen LogP contribution >= 0.6 is 0 Å². The van der Waals surface area contributed by atoms with Gasteiger partial charge in [0.05, 0.1) is 0 Å². The first-order valence-corrected chi connectivity index (χ1v) is 2.98. The molecular formula is C6H4N2O4. The van der Waals surface area contributed by atoms with Gasteiger partial charge in [-0.2, -0.15) is 0 Å². The van der Waals surface area contributed by atoms with E-state index < -0.39 is 23.6 Å². The van der Waals surface area contributed by atoms with Gasteiger partial charge in [0.1, 0.15) is 5.92 Å². The molecule has 0 saturated carbocycles. The maximum atomic E-state index is 10.8. The lowest BCUT2D eigenvalue weighted by Crippen LogP contribution is -2.31. The molecule has 1 heterocycles. The summed E-state index contributed by atoms with van der Waals surface area (Å²) in [5, 5.41) is 11.4. The highest BCUT2D eigenvalue weighted by Crippen LogP contribution is 2.16. The normalized spacial score (nSPS) is 17.1. The monoisotopic (exact) mass is 168 g/mol. The molecule has 1 aliphatic rings. The number of nitrogens with zero attached hydrogens (tertiary/aromatic N) is 2. The third-order valence-corrected chi connectivity index (χ3v) is 1.28. The lowest BCUT2D eigenvalue weighted by atomic mass is 10.0. The van der Waals surface area contributed by atoms with Crippen LogP contribution in [0.2, 0.25) is 0 Å². The number of imide groups is 1. The standard InChI is InChI=1S/C6H4N2O4/c1-2-3(5(10)11)7-6(12)8-4(2)9/h1H3,(H-,8,9,10,11,12). The van der Waals surface area contributed by atoms with Crippen molar-refractivity contribution >= 4 is 23.6 Å². The smallest absolute Gasteiger partial charge is 0.388 e. The Morgan fingerprint density at radius 2 is 2.17 bits per heavy atom. The molecule has 1 rings (SSSR count). The van der Waals surface area contributed by atoms with E-state index in [2.05, 4.69) is 10.3 Å². The second kappa shape index (κ2) is 2.65. The highest BCUT2D eigenvalue weighted by Gasteiger charge is 2.34. The van der Waals surface area contributed by atoms with Crippen LogP contribution in [0.3, 0.4) is 0 Å². The highest BCUT2D eigenvalue weighted by atomic mass is 16.4. The maximum absolute atomic E-state index is 10.8. The van der Waals surface area contributed by atoms with E-state index in [1.165, 1.54) is 6.92 Å². The zero-order chi connectivity index (χ0) is 9.30. The summed E-state index contributed by atoms with van der Waals surface area (Å²) in [6.45, 7) is 1.26. The molecule has 0 bridgehead atoms. The molecule has 1 N–H and O–H groups in total. The van der Waals surface area contributed by atoms with E-state index in [1.54, 1.807) is 0 Å². The fraction of sp³-hybridized carbons (Fsp3) is 0.167. The Bertz CT molecular complexity index is 294. The van der Waals surface area contributed by atoms with E-state index in [1.807, 2.05) is 0 Å². The van der Waals surface area contributed by atoms with Gasteiger partial charge in [0.2, 0.25) is 5.71 Å². The van der Waals surface area contributed by atoms with Crippen molar-refractivity contribution in [1.82, 2.24) is 0 Å². The van der Waals surface area contributed by atoms with Crippen molar-refractivity contribution in [2.24, 2.45) is 4.99 Å². The largest absolute Gasteiger partial charge is 0.477 e. The minimum atomic E-state index is -1.40. The number of carboxylic acid groups (broad SMARTS) is 1. The summed E-state index contributed by atoms with van der Waals surface area (Å²) >= 11 is 0. The third-order valence-electron chi connectivity index (χ3n) is 1.28. The number of carbonyl (C=O) groups excluding carboxylic acids is 2. The van der Waals surface area contributed by atoms with Gasteiger partial charge in [0, 0.05) is 6.92 Å². The van der Waals surface area contributed by atoms with Crippen LogP contribution in [0.1, 0.15) is 6.92 Å². The van der Waals surface area contributed by atoms with Gasteiger partial charge in [-0.1, -0.05) is 0 Å². The van der Waals surface area contributed by atoms with Crippen LogP contribution in [0.5, 0.6) is 0 Å². The van der Waals surface area contributed by atoms with Crippen LogP contribution in [-0.2, 0) is 9.59 Å². The van der Waals surface area contributed by atoms with Gasteiger partial charge < -0.3 is 15.4 Å². The lowest BCUT2D eigenvalue weighted by molar-refractivity contribution is -0.129. The summed E-state index contributed by atoms with van der Waals surface area (Å²) in [5.41, 5.74) is -0.528. The summed E-state index contributed by atoms with van der Waals surface area (Å²) in [6.07, 6.45) is 0. The maximum Gasteiger partial charge on any atom is 0.477 e. The quantitative estimate of drug-likeness (QED) is 0.563. The molecule has 1 aliphatic heterocycles. The molecule has 0 spiro atoms. The molecule has 0 aromatic rings. The number of aliphatic carboxylic acids is 1. The van der Waals surface area contributed by atoms with Gasteiger partial charge in [-0.25, -0.2) is 0 Å². The van der Waals surface area contributed by atoms with E-state index in [0.29, 0.717) is 0 Å². The van der Waals surface area contributed by atoms with E-state index in [9.17, 15) is 14.4 Å². The SMILES string of the molecule is C[C+]1C(=O)[N-]C(=O)N=C1C(=O)O. The summed E-state index contributed by atoms with van der Waals surface area (Å²) < 4.78 is 0. The van der Waals surface area contributed by atoms with Crippen LogP contribution in [0.25, 0.3) is 5.32 Å². The number of hydrogen-bond donors (Lipinski definition) is 1. The number of rotatable bonds is 1. The van der Waals surface area contributed by atoms with Crippen LogP contribution in [0, 0.1) is 5.92 Å². The molecule has 3 amide bonds. The van der Waals surface area contributed by atoms with Crippen LogP contribution in [-0.4, -0.2) is 28.7 Å². The second-order valence-corrected chi connectivity index (χ2v) is 2.09. The fourth-order valence-corrected chi connectivity index (χ4v) is 0.685. The van der Waals surface area contributed by atoms with E-state index in [0.717, 1.165) is 0 Å². The highest BCUT2D eigenvalue weighted by molar-refractivity contribution is 6.52. The molecule has 6 heteroatoms. The Labute approximate surface area is 67.3 Å². The Kier molecular flexibility index (Phi) is 1.82. The van der Waals surface area contributed by atoms with Crippen molar-refractivity contribution in [3.05, 3.63) is 11.2 Å². The summed E-state index contributed by atoms with van der Waals surface area (Å²) in [5.74, 6) is -2.36. The van der Waals surface area contributed by atoms with E-state index in [-0.39, 0.29) is 5.92 Å². The second-order valence-electron chi connectivity index (χ2n) is 2.09. The molecule has 0 fully saturated rings. The van der Waals surface area contributed by atoms with Gasteiger partial charge in [0.15, 0.2) is 6.03 Å². The van der Waals surface area contributed by atoms with E-state index in [4.69, 9.17) is 5.11 Å². The Morgan fingerprint density at radius 3 is 2.67 bits per heavy atom. The number of hydrogen-bond acceptors (Lipinski definition) is 3. The van der Waals surface area contributed by atoms with Crippen LogP contribution in [0.4, 0.5) is 4.79 Å². The van der Waals surface area contributed by atoms with Gasteiger partial charge in [0.25, 0.3) is 5.91 Å². The van der Waals surface area contributed by atoms with Crippen molar-refractivity contribution in [3.63, 3.8) is 0 Å². The first kappa shape index (κ1) is 8.25. The zero-order valence-corrected chi connectivity index (χ0v) is 6.07. The minimum absolute atomic E-state index is 0.123. The van der Waals surface area contributed by atoms with Gasteiger partial charge >= 0.3 is 5.97 Å². The van der Waals surface area contributed by atoms with E-state index >= 15 is 0 Å². The predicted octanol–water partition coefficient (Wildman–Crippen LogP) is 0.140. The van der Waals surface area contributed by atoms with Crippen molar-refractivity contribution in [3.8, 4) is 0 Å². The Morgan fingerprint density at radius 1 is 1.58 bits per heavy atom. The van der Waals surface area contributed by atoms with Gasteiger partial charge in [-0.05, 0) is 0 Å². The summed E-state index contributed by atoms with van der Waals surface area (Å²) in [6, 6.07) is -1.07.